The molecule has 2 aromatic carbocycles. The molecule has 0 bridgehead atoms. The molecule has 2 aromatic rings. The quantitative estimate of drug-likeness (QED) is 0.495. The van der Waals surface area contributed by atoms with Crippen molar-refractivity contribution in [1.82, 2.24) is 9.80 Å². The number of hydrogen-bond donors (Lipinski definition) is 1. The number of amides is 4. The number of imide groups is 2. The van der Waals surface area contributed by atoms with Crippen LogP contribution in [-0.2, 0) is 19.2 Å². The number of carbonyl (C=O) groups is 4. The maximum atomic E-state index is 13.8. The third kappa shape index (κ3) is 3.32. The molecule has 4 aliphatic rings. The molecule has 0 spiro atoms. The van der Waals surface area contributed by atoms with Gasteiger partial charge in [-0.3, -0.25) is 29.0 Å². The fraction of sp³-hybridized carbons (Fsp3) is 0.467. The summed E-state index contributed by atoms with van der Waals surface area (Å²) in [4.78, 5) is 56.9. The third-order valence-corrected chi connectivity index (χ3v) is 8.98. The molecule has 1 saturated carbocycles. The van der Waals surface area contributed by atoms with Gasteiger partial charge >= 0.3 is 0 Å². The van der Waals surface area contributed by atoms with E-state index >= 15 is 0 Å². The van der Waals surface area contributed by atoms with Crippen LogP contribution in [0.25, 0.3) is 10.8 Å². The van der Waals surface area contributed by atoms with Crippen LogP contribution in [-0.4, -0.2) is 51.6 Å². The van der Waals surface area contributed by atoms with Gasteiger partial charge in [0.05, 0.1) is 23.7 Å². The van der Waals surface area contributed by atoms with Gasteiger partial charge in [-0.15, -0.1) is 0 Å². The van der Waals surface area contributed by atoms with Crippen LogP contribution < -0.4 is 0 Å². The highest BCUT2D eigenvalue weighted by molar-refractivity contribution is 6.08. The van der Waals surface area contributed by atoms with Gasteiger partial charge in [0.15, 0.2) is 0 Å². The number of nitrogens with zero attached hydrogens (tertiary/aromatic N) is 2. The molecule has 2 saturated heterocycles. The van der Waals surface area contributed by atoms with Gasteiger partial charge in [0, 0.05) is 24.6 Å². The van der Waals surface area contributed by atoms with E-state index in [2.05, 4.69) is 0 Å². The van der Waals surface area contributed by atoms with E-state index in [1.54, 1.807) is 6.07 Å². The zero-order chi connectivity index (χ0) is 26.0. The smallest absolute Gasteiger partial charge is 0.234 e. The van der Waals surface area contributed by atoms with Gasteiger partial charge in [-0.2, -0.15) is 0 Å². The lowest BCUT2D eigenvalue weighted by Crippen LogP contribution is -2.43. The minimum Gasteiger partial charge on any atom is -0.508 e. The Labute approximate surface area is 216 Å². The van der Waals surface area contributed by atoms with Gasteiger partial charge in [0.1, 0.15) is 5.75 Å². The Morgan fingerprint density at radius 1 is 0.784 bits per heavy atom. The van der Waals surface area contributed by atoms with Crippen LogP contribution >= 0.6 is 0 Å². The molecule has 0 aromatic heterocycles. The van der Waals surface area contributed by atoms with Crippen molar-refractivity contribution < 1.29 is 24.3 Å². The number of carbonyl (C=O) groups excluding carboxylic acids is 4. The number of fused-ring (bicyclic) bond motifs is 5. The van der Waals surface area contributed by atoms with Crippen molar-refractivity contribution in [2.24, 2.45) is 29.6 Å². The van der Waals surface area contributed by atoms with Crippen molar-refractivity contribution in [2.45, 2.75) is 45.4 Å². The molecule has 7 nitrogen and oxygen atoms in total. The molecule has 2 heterocycles. The first kappa shape index (κ1) is 23.9. The van der Waals surface area contributed by atoms with Crippen molar-refractivity contribution in [1.29, 1.82) is 0 Å². The van der Waals surface area contributed by atoms with Crippen LogP contribution in [0.1, 0.15) is 51.0 Å². The van der Waals surface area contributed by atoms with Gasteiger partial charge < -0.3 is 5.11 Å². The highest BCUT2D eigenvalue weighted by Gasteiger charge is 2.62. The van der Waals surface area contributed by atoms with E-state index in [0.29, 0.717) is 44.3 Å². The fourth-order valence-corrected chi connectivity index (χ4v) is 7.54. The summed E-state index contributed by atoms with van der Waals surface area (Å²) in [5, 5.41) is 13.0. The predicted molar refractivity (Wildman–Crippen MR) is 137 cm³/mol. The van der Waals surface area contributed by atoms with Crippen molar-refractivity contribution in [3.05, 3.63) is 53.6 Å². The number of aromatic hydroxyl groups is 1. The summed E-state index contributed by atoms with van der Waals surface area (Å²) in [6, 6.07) is 11.2. The maximum absolute atomic E-state index is 13.8. The lowest BCUT2D eigenvalue weighted by atomic mass is 9.56. The van der Waals surface area contributed by atoms with Crippen LogP contribution in [0.15, 0.2) is 48.0 Å². The predicted octanol–water partition coefficient (Wildman–Crippen LogP) is 4.00. The molecule has 37 heavy (non-hydrogen) atoms. The lowest BCUT2D eigenvalue weighted by molar-refractivity contribution is -0.142. The molecular formula is C30H32N2O5. The normalized spacial score (nSPS) is 31.0. The Morgan fingerprint density at radius 3 is 2.14 bits per heavy atom. The SMILES string of the molecule is CCCN1C(=O)C2CC=C3C(CC4C(=O)N(CCC)C(=O)C4C3c3c(O)ccc4ccccc34)C2C1=O. The minimum absolute atomic E-state index is 0.0850. The van der Waals surface area contributed by atoms with E-state index in [1.165, 1.54) is 9.80 Å². The molecule has 7 heteroatoms. The molecule has 0 radical (unpaired) electrons. The van der Waals surface area contributed by atoms with Gasteiger partial charge in [0.2, 0.25) is 23.6 Å². The van der Waals surface area contributed by atoms with E-state index in [1.807, 2.05) is 50.3 Å². The lowest BCUT2D eigenvalue weighted by Gasteiger charge is -2.44. The molecule has 4 amide bonds. The third-order valence-electron chi connectivity index (χ3n) is 8.98. The van der Waals surface area contributed by atoms with Gasteiger partial charge in [-0.25, -0.2) is 0 Å². The van der Waals surface area contributed by atoms with E-state index in [0.717, 1.165) is 16.3 Å². The number of phenols is 1. The molecule has 6 unspecified atom stereocenters. The monoisotopic (exact) mass is 500 g/mol. The van der Waals surface area contributed by atoms with E-state index in [-0.39, 0.29) is 35.3 Å². The molecule has 2 aliphatic heterocycles. The summed E-state index contributed by atoms with van der Waals surface area (Å²) in [6.07, 6.45) is 4.20. The average molecular weight is 501 g/mol. The summed E-state index contributed by atoms with van der Waals surface area (Å²) in [7, 11) is 0. The van der Waals surface area contributed by atoms with Crippen molar-refractivity contribution in [3.63, 3.8) is 0 Å². The first-order valence-corrected chi connectivity index (χ1v) is 13.5. The summed E-state index contributed by atoms with van der Waals surface area (Å²) >= 11 is 0. The Balaban J connectivity index is 1.54. The van der Waals surface area contributed by atoms with Crippen LogP contribution in [0, 0.1) is 29.6 Å². The Bertz CT molecular complexity index is 1360. The highest BCUT2D eigenvalue weighted by Crippen LogP contribution is 2.59. The van der Waals surface area contributed by atoms with Crippen molar-refractivity contribution in [3.8, 4) is 5.75 Å². The fourth-order valence-electron chi connectivity index (χ4n) is 7.54. The summed E-state index contributed by atoms with van der Waals surface area (Å²) in [6.45, 7) is 4.64. The number of likely N-dealkylation sites (tertiary alicyclic amines) is 2. The van der Waals surface area contributed by atoms with Crippen LogP contribution in [0.4, 0.5) is 0 Å². The zero-order valence-corrected chi connectivity index (χ0v) is 21.2. The highest BCUT2D eigenvalue weighted by atomic mass is 16.3. The molecule has 6 atom stereocenters. The second-order valence-corrected chi connectivity index (χ2v) is 10.9. The molecule has 1 N–H and O–H groups in total. The van der Waals surface area contributed by atoms with Gasteiger partial charge in [-0.05, 0) is 48.4 Å². The second kappa shape index (κ2) is 8.82. The van der Waals surface area contributed by atoms with E-state index in [4.69, 9.17) is 0 Å². The van der Waals surface area contributed by atoms with Gasteiger partial charge in [-0.1, -0.05) is 55.8 Å². The van der Waals surface area contributed by atoms with Crippen LogP contribution in [0.2, 0.25) is 0 Å². The summed E-state index contributed by atoms with van der Waals surface area (Å²) in [5.74, 6) is -3.59. The van der Waals surface area contributed by atoms with E-state index < -0.39 is 29.6 Å². The molecule has 2 aliphatic carbocycles. The van der Waals surface area contributed by atoms with Crippen molar-refractivity contribution >= 4 is 34.4 Å². The van der Waals surface area contributed by atoms with E-state index in [9.17, 15) is 24.3 Å². The topological polar surface area (TPSA) is 95.0 Å². The summed E-state index contributed by atoms with van der Waals surface area (Å²) in [5.41, 5.74) is 1.57. The van der Waals surface area contributed by atoms with Gasteiger partial charge in [0.25, 0.3) is 0 Å². The zero-order valence-electron chi connectivity index (χ0n) is 21.2. The van der Waals surface area contributed by atoms with Crippen molar-refractivity contribution in [2.75, 3.05) is 13.1 Å². The first-order chi connectivity index (χ1) is 17.9. The minimum atomic E-state index is -0.631. The Hall–Kier alpha value is -3.48. The standard InChI is InChI=1S/C30H32N2O5/c1-3-13-31-27(34)19-11-10-18-20(23(19)29(31)36)15-21-26(30(37)32(14-4-2)28(21)35)25(18)24-17-8-6-5-7-16(17)9-12-22(24)33/h5-10,12,19-21,23,25-26,33H,3-4,11,13-15H2,1-2H3. The van der Waals surface area contributed by atoms with Crippen LogP contribution in [0.3, 0.4) is 0 Å². The summed E-state index contributed by atoms with van der Waals surface area (Å²) < 4.78 is 0. The Morgan fingerprint density at radius 2 is 1.43 bits per heavy atom. The average Bonchev–Trinajstić information content (AvgIpc) is 3.28. The second-order valence-electron chi connectivity index (χ2n) is 10.9. The first-order valence-electron chi connectivity index (χ1n) is 13.5. The number of allylic oxidation sites excluding steroid dienone is 2. The number of benzene rings is 2. The number of rotatable bonds is 5. The number of hydrogen-bond acceptors (Lipinski definition) is 5. The molecule has 192 valence electrons. The molecule has 6 rings (SSSR count). The largest absolute Gasteiger partial charge is 0.508 e. The molecular weight excluding hydrogens is 468 g/mol. The maximum Gasteiger partial charge on any atom is 0.234 e. The molecule has 3 fully saturated rings. The van der Waals surface area contributed by atoms with Crippen LogP contribution in [0.5, 0.6) is 5.75 Å². The number of phenolic OH excluding ortho intramolecular Hbond substituents is 1. The Kier molecular flexibility index (Phi) is 5.70.